The molecule has 0 bridgehead atoms. The molecule has 4 aromatic rings. The summed E-state index contributed by atoms with van der Waals surface area (Å²) in [5.41, 5.74) is 5.15. The average Bonchev–Trinajstić information content (AvgIpc) is 3.59. The quantitative estimate of drug-likeness (QED) is 0.382. The number of allylic oxidation sites excluding steroid dienone is 1. The number of carbonyl (C=O) groups is 1. The first kappa shape index (κ1) is 26.0. The molecule has 0 radical (unpaired) electrons. The summed E-state index contributed by atoms with van der Waals surface area (Å²) in [6, 6.07) is 20.7. The normalized spacial score (nSPS) is 17.1. The number of aryl methyl sites for hydroxylation is 1. The molecule has 1 aromatic heterocycles. The summed E-state index contributed by atoms with van der Waals surface area (Å²) in [7, 11) is 0. The third-order valence-corrected chi connectivity index (χ3v) is 8.48. The van der Waals surface area contributed by atoms with Crippen LogP contribution in [0.5, 0.6) is 0 Å². The van der Waals surface area contributed by atoms with Gasteiger partial charge < -0.3 is 10.2 Å². The van der Waals surface area contributed by atoms with Crippen molar-refractivity contribution in [2.45, 2.75) is 32.7 Å². The lowest BCUT2D eigenvalue weighted by molar-refractivity contribution is -0.113. The predicted molar refractivity (Wildman–Crippen MR) is 158 cm³/mol. The molecular formula is C32H29FN4O2S. The molecule has 1 amide bonds. The molecule has 0 saturated carbocycles. The van der Waals surface area contributed by atoms with Gasteiger partial charge in [-0.3, -0.25) is 14.2 Å². The second-order valence-corrected chi connectivity index (χ2v) is 11.2. The van der Waals surface area contributed by atoms with Gasteiger partial charge in [-0.25, -0.2) is 9.38 Å². The first-order chi connectivity index (χ1) is 19.4. The Bertz CT molecular complexity index is 1800. The largest absolute Gasteiger partial charge is 0.372 e. The Morgan fingerprint density at radius 3 is 2.45 bits per heavy atom. The predicted octanol–water partition coefficient (Wildman–Crippen LogP) is 4.92. The van der Waals surface area contributed by atoms with Gasteiger partial charge in [0.15, 0.2) is 4.80 Å². The number of para-hydroxylation sites is 1. The number of aromatic nitrogens is 1. The van der Waals surface area contributed by atoms with E-state index in [0.717, 1.165) is 24.2 Å². The van der Waals surface area contributed by atoms with E-state index in [9.17, 15) is 14.0 Å². The van der Waals surface area contributed by atoms with Crippen molar-refractivity contribution < 1.29 is 9.18 Å². The number of thiazole rings is 1. The van der Waals surface area contributed by atoms with Crippen molar-refractivity contribution in [3.05, 3.63) is 126 Å². The summed E-state index contributed by atoms with van der Waals surface area (Å²) in [5.74, 6) is -0.746. The zero-order valence-corrected chi connectivity index (χ0v) is 23.2. The van der Waals surface area contributed by atoms with Gasteiger partial charge in [-0.2, -0.15) is 0 Å². The second-order valence-electron chi connectivity index (χ2n) is 10.2. The monoisotopic (exact) mass is 552 g/mol. The molecule has 0 aliphatic carbocycles. The van der Waals surface area contributed by atoms with Crippen LogP contribution in [0.15, 0.2) is 93.9 Å². The van der Waals surface area contributed by atoms with Crippen LogP contribution in [-0.4, -0.2) is 23.6 Å². The van der Waals surface area contributed by atoms with Crippen LogP contribution >= 0.6 is 11.3 Å². The molecule has 8 heteroatoms. The molecule has 0 unspecified atom stereocenters. The van der Waals surface area contributed by atoms with Gasteiger partial charge in [0.25, 0.3) is 11.5 Å². The Kier molecular flexibility index (Phi) is 6.94. The molecule has 2 aliphatic rings. The molecule has 40 heavy (non-hydrogen) atoms. The number of hydrogen-bond donors (Lipinski definition) is 1. The van der Waals surface area contributed by atoms with Gasteiger partial charge in [-0.1, -0.05) is 47.7 Å². The lowest BCUT2D eigenvalue weighted by Gasteiger charge is -2.25. The van der Waals surface area contributed by atoms with Crippen molar-refractivity contribution in [1.82, 2.24) is 4.57 Å². The maximum Gasteiger partial charge on any atom is 0.271 e. The van der Waals surface area contributed by atoms with Crippen molar-refractivity contribution in [3.63, 3.8) is 0 Å². The van der Waals surface area contributed by atoms with Gasteiger partial charge in [0, 0.05) is 24.5 Å². The number of rotatable bonds is 5. The Balaban J connectivity index is 1.45. The van der Waals surface area contributed by atoms with E-state index in [1.165, 1.54) is 42.0 Å². The van der Waals surface area contributed by atoms with E-state index in [4.69, 9.17) is 4.99 Å². The summed E-state index contributed by atoms with van der Waals surface area (Å²) in [4.78, 5) is 35.1. The highest BCUT2D eigenvalue weighted by Gasteiger charge is 2.32. The van der Waals surface area contributed by atoms with Crippen LogP contribution < -0.4 is 25.1 Å². The maximum absolute atomic E-state index is 13.9. The van der Waals surface area contributed by atoms with E-state index < -0.39 is 6.04 Å². The van der Waals surface area contributed by atoms with Crippen molar-refractivity contribution in [3.8, 4) is 0 Å². The van der Waals surface area contributed by atoms with Gasteiger partial charge >= 0.3 is 0 Å². The number of fused-ring (bicyclic) bond motifs is 1. The Labute approximate surface area is 235 Å². The van der Waals surface area contributed by atoms with Crippen LogP contribution in [-0.2, 0) is 4.79 Å². The first-order valence-electron chi connectivity index (χ1n) is 13.4. The van der Waals surface area contributed by atoms with E-state index in [2.05, 4.69) is 35.3 Å². The number of anilines is 2. The minimum atomic E-state index is -0.749. The van der Waals surface area contributed by atoms with E-state index in [1.54, 1.807) is 35.8 Å². The van der Waals surface area contributed by atoms with E-state index in [1.807, 2.05) is 24.3 Å². The molecule has 1 N–H and O–H groups in total. The zero-order chi connectivity index (χ0) is 27.8. The smallest absolute Gasteiger partial charge is 0.271 e. The summed E-state index contributed by atoms with van der Waals surface area (Å²) < 4.78 is 16.0. The van der Waals surface area contributed by atoms with Crippen LogP contribution in [0.1, 0.15) is 42.5 Å². The van der Waals surface area contributed by atoms with Crippen LogP contribution in [0.2, 0.25) is 0 Å². The number of benzene rings is 3. The van der Waals surface area contributed by atoms with Crippen molar-refractivity contribution in [2.75, 3.05) is 23.3 Å². The molecule has 1 atom stereocenters. The van der Waals surface area contributed by atoms with Crippen molar-refractivity contribution in [2.24, 2.45) is 4.99 Å². The number of halogens is 1. The topological polar surface area (TPSA) is 66.7 Å². The van der Waals surface area contributed by atoms with Crippen LogP contribution in [0.3, 0.4) is 0 Å². The molecule has 6 nitrogen and oxygen atoms in total. The Morgan fingerprint density at radius 2 is 1.75 bits per heavy atom. The molecule has 6 rings (SSSR count). The van der Waals surface area contributed by atoms with Gasteiger partial charge in [0.05, 0.1) is 21.8 Å². The summed E-state index contributed by atoms with van der Waals surface area (Å²) in [6.07, 6.45) is 4.32. The molecule has 0 spiro atoms. The molecule has 1 saturated heterocycles. The molecule has 202 valence electrons. The third kappa shape index (κ3) is 4.91. The lowest BCUT2D eigenvalue weighted by atomic mass is 9.95. The fourth-order valence-electron chi connectivity index (χ4n) is 5.43. The summed E-state index contributed by atoms with van der Waals surface area (Å²) in [6.45, 7) is 5.97. The highest BCUT2D eigenvalue weighted by Crippen LogP contribution is 2.31. The Hall–Kier alpha value is -4.30. The number of nitrogens with zero attached hydrogens (tertiary/aromatic N) is 3. The molecule has 3 aromatic carbocycles. The number of nitrogens with one attached hydrogen (secondary N) is 1. The van der Waals surface area contributed by atoms with Crippen LogP contribution in [0, 0.1) is 12.7 Å². The molecule has 1 fully saturated rings. The fourth-order valence-corrected chi connectivity index (χ4v) is 6.46. The molecule has 3 heterocycles. The van der Waals surface area contributed by atoms with Crippen LogP contribution in [0.25, 0.3) is 6.08 Å². The molecular weight excluding hydrogens is 523 g/mol. The highest BCUT2D eigenvalue weighted by molar-refractivity contribution is 7.07. The number of amides is 1. The maximum atomic E-state index is 13.9. The second kappa shape index (κ2) is 10.7. The summed E-state index contributed by atoms with van der Waals surface area (Å²) in [5, 5.41) is 2.93. The SMILES string of the molecule is CC1=C(C(=O)Nc2ccccc2)[C@@H](c2ccc(F)cc2)n2c(s/c(=C/c3ccc(N4CCCC4)cc3C)c2=O)=N1. The standard InChI is InChI=1S/C32H29FN4O2S/c1-20-18-26(36-16-6-7-17-36)15-12-23(20)19-27-31(39)37-29(22-10-13-24(33)14-11-22)28(21(2)34-32(37)40-27)30(38)35-25-8-4-3-5-9-25/h3-5,8-15,18-19,29H,6-7,16-17H2,1-2H3,(H,35,38)/b27-19+/t29-/m1/s1. The number of carbonyl (C=O) groups excluding carboxylic acids is 1. The summed E-state index contributed by atoms with van der Waals surface area (Å²) >= 11 is 1.30. The van der Waals surface area contributed by atoms with Crippen molar-refractivity contribution in [1.29, 1.82) is 0 Å². The van der Waals surface area contributed by atoms with Gasteiger partial charge in [-0.05, 0) is 85.9 Å². The fraction of sp³-hybridized carbons (Fsp3) is 0.219. The van der Waals surface area contributed by atoms with Gasteiger partial charge in [0.2, 0.25) is 0 Å². The minimum absolute atomic E-state index is 0.237. The van der Waals surface area contributed by atoms with Crippen LogP contribution in [0.4, 0.5) is 15.8 Å². The minimum Gasteiger partial charge on any atom is -0.372 e. The van der Waals surface area contributed by atoms with Gasteiger partial charge in [0.1, 0.15) is 5.82 Å². The number of hydrogen-bond acceptors (Lipinski definition) is 5. The zero-order valence-electron chi connectivity index (χ0n) is 22.4. The average molecular weight is 553 g/mol. The van der Waals surface area contributed by atoms with E-state index >= 15 is 0 Å². The lowest BCUT2D eigenvalue weighted by Crippen LogP contribution is -2.40. The van der Waals surface area contributed by atoms with Crippen molar-refractivity contribution >= 4 is 34.7 Å². The Morgan fingerprint density at radius 1 is 1.02 bits per heavy atom. The first-order valence-corrected chi connectivity index (χ1v) is 14.2. The van der Waals surface area contributed by atoms with E-state index in [0.29, 0.717) is 31.9 Å². The van der Waals surface area contributed by atoms with E-state index in [-0.39, 0.29) is 17.3 Å². The highest BCUT2D eigenvalue weighted by atomic mass is 32.1. The molecule has 2 aliphatic heterocycles. The van der Waals surface area contributed by atoms with Gasteiger partial charge in [-0.15, -0.1) is 0 Å². The third-order valence-electron chi connectivity index (χ3n) is 7.49.